The molecule has 0 unspecified atom stereocenters. The first-order valence-electron chi connectivity index (χ1n) is 14.7. The molecule has 1 saturated heterocycles. The van der Waals surface area contributed by atoms with E-state index in [9.17, 15) is 14.7 Å². The Hall–Kier alpha value is -3.04. The van der Waals surface area contributed by atoms with E-state index in [1.54, 1.807) is 0 Å². The summed E-state index contributed by atoms with van der Waals surface area (Å²) in [5, 5.41) is 10.5. The molecule has 1 aromatic carbocycles. The molecular formula is C31H46N4O5. The van der Waals surface area contributed by atoms with E-state index in [1.807, 2.05) is 42.4 Å². The number of carboxylic acid groups (broad SMARTS) is 1. The number of hydrogen-bond acceptors (Lipinski definition) is 6. The number of carbonyl (C=O) groups excluding carboxylic acids is 1. The quantitative estimate of drug-likeness (QED) is 0.335. The summed E-state index contributed by atoms with van der Waals surface area (Å²) in [6, 6.07) is 9.57. The molecule has 9 heteroatoms. The molecule has 3 heterocycles. The Labute approximate surface area is 238 Å². The van der Waals surface area contributed by atoms with Crippen LogP contribution in [0.15, 0.2) is 36.5 Å². The summed E-state index contributed by atoms with van der Waals surface area (Å²) in [5.41, 5.74) is 2.08. The van der Waals surface area contributed by atoms with Gasteiger partial charge < -0.3 is 28.9 Å². The van der Waals surface area contributed by atoms with Crippen LogP contribution in [0.2, 0.25) is 0 Å². The molecular weight excluding hydrogens is 508 g/mol. The number of likely N-dealkylation sites (tertiary alicyclic amines) is 1. The SMILES string of the molecule is CCCCN(CCCCN(C)C)C(=O)CN1C[C@H](c2ccc3c(c2)OCO3)[C@@H](C(=O)O)[C@@H]1CCc1cccn1C. The van der Waals surface area contributed by atoms with Gasteiger partial charge in [-0.15, -0.1) is 0 Å². The number of unbranched alkanes of at least 4 members (excludes halogenated alkanes) is 2. The number of hydrogen-bond donors (Lipinski definition) is 1. The number of ether oxygens (including phenoxy) is 2. The van der Waals surface area contributed by atoms with Gasteiger partial charge in [-0.1, -0.05) is 19.4 Å². The number of carbonyl (C=O) groups is 2. The lowest BCUT2D eigenvalue weighted by Crippen LogP contribution is -2.45. The molecule has 2 aliphatic heterocycles. The normalized spacial score (nSPS) is 20.4. The number of amides is 1. The van der Waals surface area contributed by atoms with E-state index in [1.165, 1.54) is 0 Å². The first-order valence-corrected chi connectivity index (χ1v) is 14.7. The van der Waals surface area contributed by atoms with E-state index in [-0.39, 0.29) is 31.2 Å². The average Bonchev–Trinajstić information content (AvgIpc) is 3.64. The van der Waals surface area contributed by atoms with Crippen LogP contribution in [-0.2, 0) is 23.1 Å². The summed E-state index contributed by atoms with van der Waals surface area (Å²) in [6.07, 6.45) is 7.42. The third-order valence-corrected chi connectivity index (χ3v) is 8.36. The van der Waals surface area contributed by atoms with Crippen LogP contribution in [0, 0.1) is 5.92 Å². The Morgan fingerprint density at radius 2 is 1.80 bits per heavy atom. The number of aromatic nitrogens is 1. The van der Waals surface area contributed by atoms with Gasteiger partial charge in [0, 0.05) is 50.5 Å². The minimum atomic E-state index is -0.818. The van der Waals surface area contributed by atoms with Crippen LogP contribution < -0.4 is 9.47 Å². The fourth-order valence-electron chi connectivity index (χ4n) is 6.10. The van der Waals surface area contributed by atoms with E-state index in [0.717, 1.165) is 63.0 Å². The third-order valence-electron chi connectivity index (χ3n) is 8.36. The van der Waals surface area contributed by atoms with E-state index in [2.05, 4.69) is 41.5 Å². The second kappa shape index (κ2) is 14.0. The Morgan fingerprint density at radius 1 is 1.05 bits per heavy atom. The molecule has 0 radical (unpaired) electrons. The Kier molecular flexibility index (Phi) is 10.5. The lowest BCUT2D eigenvalue weighted by molar-refractivity contribution is -0.143. The number of benzene rings is 1. The molecule has 220 valence electrons. The van der Waals surface area contributed by atoms with Gasteiger partial charge in [0.1, 0.15) is 0 Å². The maximum Gasteiger partial charge on any atom is 0.308 e. The molecule has 2 aliphatic rings. The molecule has 1 fully saturated rings. The molecule has 1 aromatic heterocycles. The second-order valence-corrected chi connectivity index (χ2v) is 11.5. The van der Waals surface area contributed by atoms with Crippen LogP contribution in [0.3, 0.4) is 0 Å². The third kappa shape index (κ3) is 7.37. The van der Waals surface area contributed by atoms with E-state index in [4.69, 9.17) is 9.47 Å². The van der Waals surface area contributed by atoms with Crippen molar-refractivity contribution in [1.29, 1.82) is 0 Å². The predicted octanol–water partition coefficient (Wildman–Crippen LogP) is 3.83. The van der Waals surface area contributed by atoms with Gasteiger partial charge in [0.15, 0.2) is 11.5 Å². The smallest absolute Gasteiger partial charge is 0.308 e. The van der Waals surface area contributed by atoms with Crippen LogP contribution in [0.5, 0.6) is 11.5 Å². The first-order chi connectivity index (χ1) is 19.3. The Balaban J connectivity index is 1.55. The van der Waals surface area contributed by atoms with Gasteiger partial charge in [-0.3, -0.25) is 14.5 Å². The van der Waals surface area contributed by atoms with Gasteiger partial charge in [0.2, 0.25) is 12.7 Å². The molecule has 2 aromatic rings. The number of fused-ring (bicyclic) bond motifs is 1. The number of nitrogens with zero attached hydrogens (tertiary/aromatic N) is 4. The second-order valence-electron chi connectivity index (χ2n) is 11.5. The highest BCUT2D eigenvalue weighted by molar-refractivity contribution is 5.79. The molecule has 3 atom stereocenters. The zero-order valence-corrected chi connectivity index (χ0v) is 24.6. The summed E-state index contributed by atoms with van der Waals surface area (Å²) in [6.45, 7) is 5.55. The Bertz CT molecular complexity index is 1130. The van der Waals surface area contributed by atoms with Gasteiger partial charge in [0.05, 0.1) is 12.5 Å². The van der Waals surface area contributed by atoms with Crippen molar-refractivity contribution in [3.05, 3.63) is 47.8 Å². The van der Waals surface area contributed by atoms with Crippen molar-refractivity contribution in [2.75, 3.05) is 53.6 Å². The van der Waals surface area contributed by atoms with Gasteiger partial charge in [-0.2, -0.15) is 0 Å². The minimum absolute atomic E-state index is 0.0950. The van der Waals surface area contributed by atoms with Crippen molar-refractivity contribution in [1.82, 2.24) is 19.3 Å². The lowest BCUT2D eigenvalue weighted by atomic mass is 9.83. The summed E-state index contributed by atoms with van der Waals surface area (Å²) in [5.74, 6) is -0.263. The molecule has 4 rings (SSSR count). The lowest BCUT2D eigenvalue weighted by Gasteiger charge is -2.30. The van der Waals surface area contributed by atoms with Crippen LogP contribution in [0.1, 0.15) is 56.2 Å². The van der Waals surface area contributed by atoms with Gasteiger partial charge >= 0.3 is 5.97 Å². The molecule has 0 saturated carbocycles. The van der Waals surface area contributed by atoms with Gasteiger partial charge in [-0.05, 0) is 82.6 Å². The summed E-state index contributed by atoms with van der Waals surface area (Å²) < 4.78 is 13.2. The summed E-state index contributed by atoms with van der Waals surface area (Å²) in [7, 11) is 6.15. The van der Waals surface area contributed by atoms with Crippen molar-refractivity contribution in [3.63, 3.8) is 0 Å². The van der Waals surface area contributed by atoms with Crippen LogP contribution in [-0.4, -0.2) is 95.9 Å². The van der Waals surface area contributed by atoms with E-state index < -0.39 is 11.9 Å². The zero-order valence-electron chi connectivity index (χ0n) is 24.6. The number of aliphatic carboxylic acids is 1. The highest BCUT2D eigenvalue weighted by Gasteiger charge is 2.47. The monoisotopic (exact) mass is 554 g/mol. The van der Waals surface area contributed by atoms with Crippen molar-refractivity contribution in [2.45, 2.75) is 57.4 Å². The standard InChI is InChI=1S/C31H46N4O5/c1-5-6-17-34(18-8-7-15-32(2)3)29(36)21-35-20-25(23-11-14-27-28(19-23)40-22-39-27)30(31(37)38)26(35)13-12-24-10-9-16-33(24)4/h9-11,14,16,19,25-26,30H,5-8,12-13,15,17-18,20-22H2,1-4H3,(H,37,38)/t25-,26+,30-/m1/s1. The molecule has 1 amide bonds. The molecule has 0 bridgehead atoms. The van der Waals surface area contributed by atoms with Crippen molar-refractivity contribution < 1.29 is 24.2 Å². The highest BCUT2D eigenvalue weighted by atomic mass is 16.7. The molecule has 0 spiro atoms. The molecule has 40 heavy (non-hydrogen) atoms. The van der Waals surface area contributed by atoms with Crippen LogP contribution >= 0.6 is 0 Å². The van der Waals surface area contributed by atoms with E-state index in [0.29, 0.717) is 24.5 Å². The van der Waals surface area contributed by atoms with Crippen molar-refractivity contribution in [3.8, 4) is 11.5 Å². The Morgan fingerprint density at radius 3 is 2.50 bits per heavy atom. The first kappa shape index (κ1) is 29.9. The minimum Gasteiger partial charge on any atom is -0.481 e. The molecule has 9 nitrogen and oxygen atoms in total. The number of carboxylic acids is 1. The van der Waals surface area contributed by atoms with Gasteiger partial charge in [0.25, 0.3) is 0 Å². The summed E-state index contributed by atoms with van der Waals surface area (Å²) >= 11 is 0. The molecule has 0 aliphatic carbocycles. The molecule has 1 N–H and O–H groups in total. The maximum atomic E-state index is 13.7. The van der Waals surface area contributed by atoms with Gasteiger partial charge in [-0.25, -0.2) is 0 Å². The fraction of sp³-hybridized carbons (Fsp3) is 0.613. The number of aryl methyl sites for hydroxylation is 2. The highest BCUT2D eigenvalue weighted by Crippen LogP contribution is 2.43. The maximum absolute atomic E-state index is 13.7. The van der Waals surface area contributed by atoms with Crippen LogP contribution in [0.4, 0.5) is 0 Å². The average molecular weight is 555 g/mol. The fourth-order valence-corrected chi connectivity index (χ4v) is 6.10. The largest absolute Gasteiger partial charge is 0.481 e. The van der Waals surface area contributed by atoms with Crippen LogP contribution in [0.25, 0.3) is 0 Å². The van der Waals surface area contributed by atoms with Crippen molar-refractivity contribution in [2.24, 2.45) is 13.0 Å². The topological polar surface area (TPSA) is 87.5 Å². The zero-order chi connectivity index (χ0) is 28.6. The summed E-state index contributed by atoms with van der Waals surface area (Å²) in [4.78, 5) is 32.8. The predicted molar refractivity (Wildman–Crippen MR) is 155 cm³/mol. The van der Waals surface area contributed by atoms with E-state index >= 15 is 0 Å². The number of rotatable bonds is 15. The van der Waals surface area contributed by atoms with Crippen molar-refractivity contribution >= 4 is 11.9 Å².